The second-order valence-corrected chi connectivity index (χ2v) is 15.5. The zero-order chi connectivity index (χ0) is 24.6. The van der Waals surface area contributed by atoms with Gasteiger partial charge in [0.05, 0.1) is 22.2 Å². The average Bonchev–Trinajstić information content (AvgIpc) is 3.34. The molecule has 3 heterocycles. The fourth-order valence-electron chi connectivity index (χ4n) is 3.93. The summed E-state index contributed by atoms with van der Waals surface area (Å²) in [7, 11) is -1.17. The number of rotatable bonds is 8. The lowest BCUT2D eigenvalue weighted by atomic mass is 10.2. The van der Waals surface area contributed by atoms with Gasteiger partial charge in [-0.1, -0.05) is 31.8 Å². The van der Waals surface area contributed by atoms with Crippen molar-refractivity contribution in [1.29, 1.82) is 0 Å². The normalized spacial score (nSPS) is 12.0. The number of H-pyrrole nitrogens is 1. The van der Waals surface area contributed by atoms with Gasteiger partial charge in [0, 0.05) is 20.9 Å². The Morgan fingerprint density at radius 2 is 1.80 bits per heavy atom. The van der Waals surface area contributed by atoms with E-state index in [1.807, 2.05) is 66.1 Å². The molecule has 0 unspecified atom stereocenters. The number of aromatic nitrogens is 5. The molecular weight excluding hydrogens is 458 g/mol. The third kappa shape index (κ3) is 4.78. The van der Waals surface area contributed by atoms with Crippen molar-refractivity contribution in [2.45, 2.75) is 39.3 Å². The lowest BCUT2D eigenvalue weighted by Crippen LogP contribution is -2.22. The number of para-hydroxylation sites is 2. The molecule has 2 aromatic carbocycles. The van der Waals surface area contributed by atoms with E-state index in [1.165, 1.54) is 0 Å². The van der Waals surface area contributed by atoms with E-state index in [2.05, 4.69) is 34.6 Å². The Balaban J connectivity index is 1.41. The minimum absolute atomic E-state index is 0.229. The van der Waals surface area contributed by atoms with Gasteiger partial charge in [0.25, 0.3) is 0 Å². The molecule has 35 heavy (non-hydrogen) atoms. The zero-order valence-corrected chi connectivity index (χ0v) is 21.4. The van der Waals surface area contributed by atoms with Gasteiger partial charge in [-0.15, -0.1) is 0 Å². The van der Waals surface area contributed by atoms with E-state index in [0.29, 0.717) is 36.4 Å². The van der Waals surface area contributed by atoms with Crippen molar-refractivity contribution in [3.63, 3.8) is 0 Å². The van der Waals surface area contributed by atoms with Crippen LogP contribution in [0.4, 0.5) is 0 Å². The number of aryl methyl sites for hydroxylation is 1. The largest absolute Gasteiger partial charge is 0.425 e. The third-order valence-electron chi connectivity index (χ3n) is 5.93. The summed E-state index contributed by atoms with van der Waals surface area (Å²) < 4.78 is 15.7. The molecule has 3 aromatic heterocycles. The van der Waals surface area contributed by atoms with E-state index >= 15 is 0 Å². The molecule has 8 nitrogen and oxygen atoms in total. The second-order valence-electron chi connectivity index (χ2n) is 9.85. The Morgan fingerprint density at radius 3 is 2.57 bits per heavy atom. The Hall–Kier alpha value is -3.69. The minimum atomic E-state index is -1.17. The highest BCUT2D eigenvalue weighted by atomic mass is 28.3. The van der Waals surface area contributed by atoms with Crippen molar-refractivity contribution in [2.75, 3.05) is 6.61 Å². The standard InChI is InChI=1S/C26H29N5O3Si/c1-18-13-14-27-24-23(18)29-25(32)31(24)19-9-11-20(12-10-19)34-26-28-21-7-5-6-8-22(21)30(26)17-33-15-16-35(2,3)4/h5-14H,15-17H2,1-4H3,(H,29,32). The second kappa shape index (κ2) is 9.16. The number of imidazole rings is 2. The first-order valence-electron chi connectivity index (χ1n) is 11.7. The SMILES string of the molecule is Cc1ccnc2c1[nH]c(=O)n2-c1ccc(Oc2nc3ccccc3n2COCC[Si](C)(C)C)cc1. The molecule has 0 aliphatic carbocycles. The van der Waals surface area contributed by atoms with Crippen LogP contribution in [0.3, 0.4) is 0 Å². The van der Waals surface area contributed by atoms with Crippen LogP contribution >= 0.6 is 0 Å². The molecule has 0 saturated carbocycles. The Morgan fingerprint density at radius 1 is 1.03 bits per heavy atom. The Bertz CT molecular complexity index is 1540. The van der Waals surface area contributed by atoms with E-state index in [1.54, 1.807) is 10.8 Å². The van der Waals surface area contributed by atoms with Crippen LogP contribution in [-0.4, -0.2) is 38.8 Å². The van der Waals surface area contributed by atoms with Gasteiger partial charge in [0.15, 0.2) is 5.65 Å². The van der Waals surface area contributed by atoms with E-state index in [9.17, 15) is 4.79 Å². The van der Waals surface area contributed by atoms with Crippen LogP contribution in [0.2, 0.25) is 25.7 Å². The smallest absolute Gasteiger partial charge is 0.332 e. The van der Waals surface area contributed by atoms with Crippen molar-refractivity contribution >= 4 is 30.3 Å². The van der Waals surface area contributed by atoms with Crippen molar-refractivity contribution in [1.82, 2.24) is 24.1 Å². The topological polar surface area (TPSA) is 87.0 Å². The molecule has 0 fully saturated rings. The Labute approximate surface area is 204 Å². The summed E-state index contributed by atoms with van der Waals surface area (Å²) in [6.45, 7) is 10.0. The van der Waals surface area contributed by atoms with Crippen molar-refractivity contribution in [2.24, 2.45) is 0 Å². The Kier molecular flexibility index (Phi) is 6.04. The molecule has 0 radical (unpaired) electrons. The molecule has 0 bridgehead atoms. The lowest BCUT2D eigenvalue weighted by Gasteiger charge is -2.16. The molecule has 9 heteroatoms. The molecule has 180 valence electrons. The first kappa shape index (κ1) is 23.1. The quantitative estimate of drug-likeness (QED) is 0.231. The monoisotopic (exact) mass is 487 g/mol. The number of nitrogens with zero attached hydrogens (tertiary/aromatic N) is 4. The van der Waals surface area contributed by atoms with Crippen LogP contribution in [0.25, 0.3) is 27.9 Å². The van der Waals surface area contributed by atoms with Crippen LogP contribution in [0.1, 0.15) is 5.56 Å². The minimum Gasteiger partial charge on any atom is -0.425 e. The number of nitrogens with one attached hydrogen (secondary N) is 1. The van der Waals surface area contributed by atoms with E-state index < -0.39 is 8.07 Å². The van der Waals surface area contributed by atoms with Gasteiger partial charge >= 0.3 is 11.7 Å². The summed E-state index contributed by atoms with van der Waals surface area (Å²) in [5.74, 6) is 0.615. The fourth-order valence-corrected chi connectivity index (χ4v) is 4.68. The molecule has 5 rings (SSSR count). The predicted molar refractivity (Wildman–Crippen MR) is 140 cm³/mol. The summed E-state index contributed by atoms with van der Waals surface area (Å²) in [6, 6.07) is 18.7. The maximum absolute atomic E-state index is 12.6. The van der Waals surface area contributed by atoms with Gasteiger partial charge in [-0.3, -0.25) is 4.57 Å². The van der Waals surface area contributed by atoms with Gasteiger partial charge in [-0.05, 0) is 61.0 Å². The van der Waals surface area contributed by atoms with Crippen LogP contribution in [0.15, 0.2) is 65.6 Å². The zero-order valence-electron chi connectivity index (χ0n) is 20.4. The van der Waals surface area contributed by atoms with Crippen LogP contribution in [0, 0.1) is 6.92 Å². The number of hydrogen-bond donors (Lipinski definition) is 1. The van der Waals surface area contributed by atoms with Crippen LogP contribution in [0.5, 0.6) is 11.8 Å². The highest BCUT2D eigenvalue weighted by Crippen LogP contribution is 2.27. The van der Waals surface area contributed by atoms with E-state index in [4.69, 9.17) is 9.47 Å². The van der Waals surface area contributed by atoms with Gasteiger partial charge in [0.2, 0.25) is 0 Å². The van der Waals surface area contributed by atoms with Crippen LogP contribution in [-0.2, 0) is 11.5 Å². The van der Waals surface area contributed by atoms with Crippen molar-refractivity contribution in [3.8, 4) is 17.4 Å². The van der Waals surface area contributed by atoms with Gasteiger partial charge in [-0.25, -0.2) is 14.3 Å². The summed E-state index contributed by atoms with van der Waals surface area (Å²) >= 11 is 0. The highest BCUT2D eigenvalue weighted by Gasteiger charge is 2.16. The summed E-state index contributed by atoms with van der Waals surface area (Å²) in [5, 5.41) is 0. The lowest BCUT2D eigenvalue weighted by molar-refractivity contribution is 0.0850. The van der Waals surface area contributed by atoms with Gasteiger partial charge < -0.3 is 14.5 Å². The number of aromatic amines is 1. The molecule has 0 amide bonds. The molecular formula is C26H29N5O3Si. The molecule has 0 atom stereocenters. The molecule has 0 spiro atoms. The summed E-state index contributed by atoms with van der Waals surface area (Å²) in [5.41, 5.74) is 4.58. The fraction of sp³-hybridized carbons (Fsp3) is 0.269. The third-order valence-corrected chi connectivity index (χ3v) is 7.63. The number of benzene rings is 2. The average molecular weight is 488 g/mol. The van der Waals surface area contributed by atoms with Gasteiger partial charge in [0.1, 0.15) is 12.5 Å². The summed E-state index contributed by atoms with van der Waals surface area (Å²) in [6.07, 6.45) is 1.70. The first-order valence-corrected chi connectivity index (χ1v) is 15.4. The number of ether oxygens (including phenoxy) is 2. The molecule has 5 aromatic rings. The number of hydrogen-bond acceptors (Lipinski definition) is 5. The van der Waals surface area contributed by atoms with Gasteiger partial charge in [-0.2, -0.15) is 4.98 Å². The van der Waals surface area contributed by atoms with Crippen LogP contribution < -0.4 is 10.4 Å². The first-order chi connectivity index (χ1) is 16.8. The van der Waals surface area contributed by atoms with E-state index in [0.717, 1.165) is 28.2 Å². The summed E-state index contributed by atoms with van der Waals surface area (Å²) in [4.78, 5) is 24.6. The maximum Gasteiger partial charge on any atom is 0.332 e. The molecule has 0 aliphatic heterocycles. The highest BCUT2D eigenvalue weighted by molar-refractivity contribution is 6.76. The molecule has 0 saturated heterocycles. The maximum atomic E-state index is 12.6. The van der Waals surface area contributed by atoms with E-state index in [-0.39, 0.29) is 5.69 Å². The van der Waals surface area contributed by atoms with Crippen molar-refractivity contribution < 1.29 is 9.47 Å². The molecule has 0 aliphatic rings. The number of fused-ring (bicyclic) bond motifs is 2. The number of pyridine rings is 1. The molecule has 1 N–H and O–H groups in total. The van der Waals surface area contributed by atoms with Crippen molar-refractivity contribution in [3.05, 3.63) is 76.8 Å². The predicted octanol–water partition coefficient (Wildman–Crippen LogP) is 5.48.